The first kappa shape index (κ1) is 15.1. The molecule has 2 unspecified atom stereocenters. The SMILES string of the molecule is CCCNC(COC(C)CC)c1cc2ccccc2o1. The van der Waals surface area contributed by atoms with Crippen molar-refractivity contribution < 1.29 is 9.15 Å². The number of para-hydroxylation sites is 1. The molecule has 0 spiro atoms. The molecule has 1 aromatic carbocycles. The van der Waals surface area contributed by atoms with Gasteiger partial charge in [-0.2, -0.15) is 0 Å². The highest BCUT2D eigenvalue weighted by Gasteiger charge is 2.17. The first-order valence-electron chi connectivity index (χ1n) is 7.58. The molecule has 0 aliphatic rings. The maximum atomic E-state index is 5.95. The molecule has 0 saturated carbocycles. The summed E-state index contributed by atoms with van der Waals surface area (Å²) in [5.41, 5.74) is 0.939. The molecule has 20 heavy (non-hydrogen) atoms. The van der Waals surface area contributed by atoms with Gasteiger partial charge in [-0.15, -0.1) is 0 Å². The van der Waals surface area contributed by atoms with Crippen LogP contribution < -0.4 is 5.32 Å². The fraction of sp³-hybridized carbons (Fsp3) is 0.529. The van der Waals surface area contributed by atoms with E-state index in [0.717, 1.165) is 36.1 Å². The molecule has 1 aromatic heterocycles. The van der Waals surface area contributed by atoms with Gasteiger partial charge in [-0.1, -0.05) is 32.0 Å². The molecule has 3 heteroatoms. The Kier molecular flexibility index (Phi) is 5.62. The third kappa shape index (κ3) is 3.84. The number of hydrogen-bond acceptors (Lipinski definition) is 3. The molecular weight excluding hydrogens is 250 g/mol. The highest BCUT2D eigenvalue weighted by atomic mass is 16.5. The molecule has 0 saturated heterocycles. The van der Waals surface area contributed by atoms with Crippen molar-refractivity contribution in [2.75, 3.05) is 13.2 Å². The van der Waals surface area contributed by atoms with Crippen LogP contribution in [0.4, 0.5) is 0 Å². The minimum absolute atomic E-state index is 0.122. The summed E-state index contributed by atoms with van der Waals surface area (Å²) in [6, 6.07) is 10.4. The Labute approximate surface area is 121 Å². The van der Waals surface area contributed by atoms with Crippen molar-refractivity contribution in [2.24, 2.45) is 0 Å². The van der Waals surface area contributed by atoms with Gasteiger partial charge in [0.15, 0.2) is 0 Å². The lowest BCUT2D eigenvalue weighted by Crippen LogP contribution is -2.27. The second-order valence-electron chi connectivity index (χ2n) is 5.25. The number of furan rings is 1. The monoisotopic (exact) mass is 275 g/mol. The van der Waals surface area contributed by atoms with E-state index in [2.05, 4.69) is 38.2 Å². The van der Waals surface area contributed by atoms with Crippen molar-refractivity contribution in [2.45, 2.75) is 45.8 Å². The first-order valence-corrected chi connectivity index (χ1v) is 7.58. The van der Waals surface area contributed by atoms with E-state index in [1.165, 1.54) is 0 Å². The summed E-state index contributed by atoms with van der Waals surface area (Å²) in [7, 11) is 0. The topological polar surface area (TPSA) is 34.4 Å². The molecule has 0 aliphatic heterocycles. The lowest BCUT2D eigenvalue weighted by molar-refractivity contribution is 0.0438. The normalized spacial score (nSPS) is 14.6. The van der Waals surface area contributed by atoms with Gasteiger partial charge in [0, 0.05) is 5.39 Å². The third-order valence-corrected chi connectivity index (χ3v) is 3.55. The Morgan fingerprint density at radius 1 is 1.25 bits per heavy atom. The summed E-state index contributed by atoms with van der Waals surface area (Å²) < 4.78 is 11.8. The van der Waals surface area contributed by atoms with Gasteiger partial charge in [0.25, 0.3) is 0 Å². The van der Waals surface area contributed by atoms with Crippen molar-refractivity contribution in [3.8, 4) is 0 Å². The van der Waals surface area contributed by atoms with Gasteiger partial charge in [-0.05, 0) is 38.4 Å². The summed E-state index contributed by atoms with van der Waals surface area (Å²) in [5.74, 6) is 0.961. The van der Waals surface area contributed by atoms with Crippen molar-refractivity contribution >= 4 is 11.0 Å². The van der Waals surface area contributed by atoms with Crippen molar-refractivity contribution in [3.05, 3.63) is 36.1 Å². The van der Waals surface area contributed by atoms with Gasteiger partial charge in [0.2, 0.25) is 0 Å². The quantitative estimate of drug-likeness (QED) is 0.780. The van der Waals surface area contributed by atoms with Crippen LogP contribution in [0.25, 0.3) is 11.0 Å². The largest absolute Gasteiger partial charge is 0.459 e. The third-order valence-electron chi connectivity index (χ3n) is 3.55. The second kappa shape index (κ2) is 7.46. The fourth-order valence-electron chi connectivity index (χ4n) is 2.11. The molecule has 2 atom stereocenters. The van der Waals surface area contributed by atoms with Gasteiger partial charge in [0.1, 0.15) is 11.3 Å². The number of ether oxygens (including phenoxy) is 1. The van der Waals surface area contributed by atoms with Crippen LogP contribution in [0.1, 0.15) is 45.4 Å². The predicted molar refractivity (Wildman–Crippen MR) is 83.0 cm³/mol. The maximum absolute atomic E-state index is 5.95. The number of fused-ring (bicyclic) bond motifs is 1. The van der Waals surface area contributed by atoms with Crippen LogP contribution in [0.5, 0.6) is 0 Å². The molecule has 0 aliphatic carbocycles. The lowest BCUT2D eigenvalue weighted by Gasteiger charge is -2.19. The van der Waals surface area contributed by atoms with Crippen LogP contribution in [0.2, 0.25) is 0 Å². The Morgan fingerprint density at radius 3 is 2.75 bits per heavy atom. The molecule has 0 fully saturated rings. The van der Waals surface area contributed by atoms with E-state index in [9.17, 15) is 0 Å². The Hall–Kier alpha value is -1.32. The van der Waals surface area contributed by atoms with Gasteiger partial charge < -0.3 is 14.5 Å². The van der Waals surface area contributed by atoms with E-state index < -0.39 is 0 Å². The van der Waals surface area contributed by atoms with Crippen LogP contribution in [-0.4, -0.2) is 19.3 Å². The minimum Gasteiger partial charge on any atom is -0.459 e. The van der Waals surface area contributed by atoms with Crippen molar-refractivity contribution in [1.82, 2.24) is 5.32 Å². The summed E-state index contributed by atoms with van der Waals surface area (Å²) >= 11 is 0. The molecule has 0 radical (unpaired) electrons. The predicted octanol–water partition coefficient (Wildman–Crippen LogP) is 4.29. The molecule has 2 rings (SSSR count). The van der Waals surface area contributed by atoms with Crippen LogP contribution in [0.15, 0.2) is 34.7 Å². The maximum Gasteiger partial charge on any atom is 0.134 e. The number of nitrogens with one attached hydrogen (secondary N) is 1. The van der Waals surface area contributed by atoms with Gasteiger partial charge in [0.05, 0.1) is 18.8 Å². The first-order chi connectivity index (χ1) is 9.74. The summed E-state index contributed by atoms with van der Waals surface area (Å²) in [6.45, 7) is 8.02. The lowest BCUT2D eigenvalue weighted by atomic mass is 10.2. The molecule has 0 amide bonds. The number of hydrogen-bond donors (Lipinski definition) is 1. The zero-order chi connectivity index (χ0) is 14.4. The van der Waals surface area contributed by atoms with E-state index in [1.807, 2.05) is 18.2 Å². The summed E-state index contributed by atoms with van der Waals surface area (Å²) in [6.07, 6.45) is 2.41. The van der Waals surface area contributed by atoms with E-state index in [-0.39, 0.29) is 12.1 Å². The molecule has 2 aromatic rings. The molecular formula is C17H25NO2. The summed E-state index contributed by atoms with van der Waals surface area (Å²) in [5, 5.41) is 4.65. The van der Waals surface area contributed by atoms with Crippen LogP contribution >= 0.6 is 0 Å². The van der Waals surface area contributed by atoms with Crippen LogP contribution in [0, 0.1) is 0 Å². The standard InChI is InChI=1S/C17H25NO2/c1-4-10-18-15(12-19-13(3)5-2)17-11-14-8-6-7-9-16(14)20-17/h6-9,11,13,15,18H,4-5,10,12H2,1-3H3. The van der Waals surface area contributed by atoms with E-state index in [0.29, 0.717) is 6.61 Å². The smallest absolute Gasteiger partial charge is 0.134 e. The molecule has 0 bridgehead atoms. The second-order valence-corrected chi connectivity index (χ2v) is 5.25. The minimum atomic E-state index is 0.122. The van der Waals surface area contributed by atoms with Crippen molar-refractivity contribution in [3.63, 3.8) is 0 Å². The number of rotatable bonds is 8. The average molecular weight is 275 g/mol. The van der Waals surface area contributed by atoms with Crippen molar-refractivity contribution in [1.29, 1.82) is 0 Å². The Bertz CT molecular complexity index is 487. The van der Waals surface area contributed by atoms with Gasteiger partial charge in [-0.25, -0.2) is 0 Å². The Morgan fingerprint density at radius 2 is 2.05 bits per heavy atom. The molecule has 3 nitrogen and oxygen atoms in total. The zero-order valence-corrected chi connectivity index (χ0v) is 12.7. The van der Waals surface area contributed by atoms with E-state index in [4.69, 9.17) is 9.15 Å². The highest BCUT2D eigenvalue weighted by Crippen LogP contribution is 2.24. The van der Waals surface area contributed by atoms with Crippen LogP contribution in [-0.2, 0) is 4.74 Å². The molecule has 110 valence electrons. The van der Waals surface area contributed by atoms with Gasteiger partial charge in [-0.3, -0.25) is 0 Å². The Balaban J connectivity index is 2.11. The zero-order valence-electron chi connectivity index (χ0n) is 12.7. The highest BCUT2D eigenvalue weighted by molar-refractivity contribution is 5.77. The van der Waals surface area contributed by atoms with Crippen LogP contribution in [0.3, 0.4) is 0 Å². The van der Waals surface area contributed by atoms with E-state index in [1.54, 1.807) is 0 Å². The molecule has 1 N–H and O–H groups in total. The summed E-state index contributed by atoms with van der Waals surface area (Å²) in [4.78, 5) is 0. The number of benzene rings is 1. The van der Waals surface area contributed by atoms with E-state index >= 15 is 0 Å². The fourth-order valence-corrected chi connectivity index (χ4v) is 2.11. The molecule has 1 heterocycles. The average Bonchev–Trinajstić information content (AvgIpc) is 2.90. The van der Waals surface area contributed by atoms with Gasteiger partial charge >= 0.3 is 0 Å².